The average Bonchev–Trinajstić information content (AvgIpc) is 2.57. The van der Waals surface area contributed by atoms with E-state index in [1.807, 2.05) is 55.5 Å². The average molecular weight is 307 g/mol. The lowest BCUT2D eigenvalue weighted by Crippen LogP contribution is -2.26. The van der Waals surface area contributed by atoms with E-state index in [0.717, 1.165) is 11.3 Å². The fourth-order valence-corrected chi connectivity index (χ4v) is 2.55. The Kier molecular flexibility index (Phi) is 5.87. The zero-order valence-corrected chi connectivity index (χ0v) is 13.3. The van der Waals surface area contributed by atoms with Crippen LogP contribution in [0.15, 0.2) is 78.7 Å². The molecule has 1 aromatic rings. The molecule has 118 valence electrons. The van der Waals surface area contributed by atoms with Crippen molar-refractivity contribution < 1.29 is 9.59 Å². The first-order valence-electron chi connectivity index (χ1n) is 7.69. The van der Waals surface area contributed by atoms with Crippen molar-refractivity contribution in [2.24, 2.45) is 0 Å². The highest BCUT2D eigenvalue weighted by Gasteiger charge is 2.31. The van der Waals surface area contributed by atoms with Crippen LogP contribution in [-0.4, -0.2) is 11.6 Å². The second-order valence-corrected chi connectivity index (χ2v) is 5.42. The lowest BCUT2D eigenvalue weighted by atomic mass is 9.80. The normalized spacial score (nSPS) is 19.1. The fourth-order valence-electron chi connectivity index (χ4n) is 2.55. The van der Waals surface area contributed by atoms with Gasteiger partial charge in [0.05, 0.1) is 5.57 Å². The van der Waals surface area contributed by atoms with Crippen molar-refractivity contribution in [2.75, 3.05) is 0 Å². The standard InChI is InChI=1S/C20H21NO2/c1-3-5-11-17(4-2)21-14-18-19(22)12-16(13-20(18)23)15-9-7-6-8-10-15/h3-11,14,16,21H,2,12-13H2,1H3/b5-3-,17-11+,18-14?. The van der Waals surface area contributed by atoms with Gasteiger partial charge in [0.1, 0.15) is 0 Å². The quantitative estimate of drug-likeness (QED) is 0.511. The summed E-state index contributed by atoms with van der Waals surface area (Å²) in [6, 6.07) is 9.72. The van der Waals surface area contributed by atoms with Gasteiger partial charge in [-0.2, -0.15) is 0 Å². The summed E-state index contributed by atoms with van der Waals surface area (Å²) in [5, 5.41) is 2.98. The summed E-state index contributed by atoms with van der Waals surface area (Å²) in [4.78, 5) is 24.6. The predicted octanol–water partition coefficient (Wildman–Crippen LogP) is 3.82. The minimum Gasteiger partial charge on any atom is -0.361 e. The maximum absolute atomic E-state index is 12.3. The second-order valence-electron chi connectivity index (χ2n) is 5.42. The monoisotopic (exact) mass is 307 g/mol. The Morgan fingerprint density at radius 3 is 2.39 bits per heavy atom. The molecule has 1 saturated carbocycles. The van der Waals surface area contributed by atoms with Crippen molar-refractivity contribution in [1.29, 1.82) is 0 Å². The number of carbonyl (C=O) groups excluding carboxylic acids is 2. The molecule has 0 saturated heterocycles. The van der Waals surface area contributed by atoms with Gasteiger partial charge >= 0.3 is 0 Å². The van der Waals surface area contributed by atoms with E-state index in [1.54, 1.807) is 6.08 Å². The summed E-state index contributed by atoms with van der Waals surface area (Å²) >= 11 is 0. The van der Waals surface area contributed by atoms with Gasteiger partial charge in [-0.05, 0) is 30.6 Å². The lowest BCUT2D eigenvalue weighted by Gasteiger charge is -2.22. The minimum atomic E-state index is -0.114. The first kappa shape index (κ1) is 16.7. The molecule has 1 fully saturated rings. The van der Waals surface area contributed by atoms with Gasteiger partial charge in [-0.1, -0.05) is 49.1 Å². The molecule has 23 heavy (non-hydrogen) atoms. The molecule has 0 amide bonds. The van der Waals surface area contributed by atoms with Crippen molar-refractivity contribution in [3.63, 3.8) is 0 Å². The van der Waals surface area contributed by atoms with Crippen LogP contribution in [-0.2, 0) is 9.59 Å². The molecule has 0 unspecified atom stereocenters. The molecule has 0 aromatic heterocycles. The highest BCUT2D eigenvalue weighted by atomic mass is 16.1. The number of carbonyl (C=O) groups is 2. The van der Waals surface area contributed by atoms with Crippen LogP contribution in [0.5, 0.6) is 0 Å². The molecule has 1 aliphatic carbocycles. The summed E-state index contributed by atoms with van der Waals surface area (Å²) in [5.74, 6) is -0.250. The van der Waals surface area contributed by atoms with Crippen LogP contribution < -0.4 is 5.32 Å². The summed E-state index contributed by atoms with van der Waals surface area (Å²) in [7, 11) is 0. The topological polar surface area (TPSA) is 46.2 Å². The number of hydrogen-bond acceptors (Lipinski definition) is 3. The van der Waals surface area contributed by atoms with E-state index >= 15 is 0 Å². The maximum Gasteiger partial charge on any atom is 0.168 e. The molecule has 0 heterocycles. The van der Waals surface area contributed by atoms with Crippen molar-refractivity contribution in [1.82, 2.24) is 5.32 Å². The van der Waals surface area contributed by atoms with Crippen molar-refractivity contribution in [2.45, 2.75) is 25.7 Å². The van der Waals surface area contributed by atoms with E-state index in [2.05, 4.69) is 11.9 Å². The Morgan fingerprint density at radius 2 is 1.83 bits per heavy atom. The number of hydrogen-bond donors (Lipinski definition) is 1. The minimum absolute atomic E-state index is 0.0224. The van der Waals surface area contributed by atoms with E-state index in [1.165, 1.54) is 6.20 Å². The van der Waals surface area contributed by atoms with Crippen LogP contribution in [0.4, 0.5) is 0 Å². The van der Waals surface area contributed by atoms with Gasteiger partial charge in [0.25, 0.3) is 0 Å². The molecule has 0 spiro atoms. The van der Waals surface area contributed by atoms with Gasteiger partial charge in [0, 0.05) is 24.7 Å². The van der Waals surface area contributed by atoms with Crippen LogP contribution in [0.2, 0.25) is 0 Å². The van der Waals surface area contributed by atoms with Gasteiger partial charge in [0.2, 0.25) is 0 Å². The number of Topliss-reactive ketones (excluding diaryl/α,β-unsaturated/α-hetero) is 2. The third kappa shape index (κ3) is 4.39. The Hall–Kier alpha value is -2.68. The summed E-state index contributed by atoms with van der Waals surface area (Å²) in [5.41, 5.74) is 2.02. The molecule has 2 rings (SSSR count). The van der Waals surface area contributed by atoms with Crippen LogP contribution >= 0.6 is 0 Å². The van der Waals surface area contributed by atoms with E-state index in [-0.39, 0.29) is 23.1 Å². The van der Waals surface area contributed by atoms with Crippen molar-refractivity contribution in [3.05, 3.63) is 84.2 Å². The van der Waals surface area contributed by atoms with Gasteiger partial charge in [0.15, 0.2) is 11.6 Å². The summed E-state index contributed by atoms with van der Waals surface area (Å²) < 4.78 is 0. The zero-order chi connectivity index (χ0) is 16.7. The fraction of sp³-hybridized carbons (Fsp3) is 0.200. The van der Waals surface area contributed by atoms with Crippen molar-refractivity contribution >= 4 is 11.6 Å². The van der Waals surface area contributed by atoms with Crippen molar-refractivity contribution in [3.8, 4) is 0 Å². The molecule has 0 bridgehead atoms. The van der Waals surface area contributed by atoms with Crippen LogP contribution in [0, 0.1) is 0 Å². The van der Waals surface area contributed by atoms with Gasteiger partial charge < -0.3 is 5.32 Å². The Bertz CT molecular complexity index is 661. The Morgan fingerprint density at radius 1 is 1.17 bits per heavy atom. The molecular formula is C20H21NO2. The Labute approximate surface area is 137 Å². The third-order valence-corrected chi connectivity index (χ3v) is 3.81. The number of ketones is 2. The first-order chi connectivity index (χ1) is 11.2. The van der Waals surface area contributed by atoms with E-state index in [0.29, 0.717) is 12.8 Å². The number of nitrogens with one attached hydrogen (secondary N) is 1. The molecule has 0 atom stereocenters. The summed E-state index contributed by atoms with van der Waals surface area (Å²) in [6.07, 6.45) is 9.45. The Balaban J connectivity index is 2.11. The molecule has 0 radical (unpaired) electrons. The molecule has 0 aliphatic heterocycles. The van der Waals surface area contributed by atoms with Crippen LogP contribution in [0.3, 0.4) is 0 Å². The molecule has 1 N–H and O–H groups in total. The van der Waals surface area contributed by atoms with E-state index < -0.39 is 0 Å². The van der Waals surface area contributed by atoms with Gasteiger partial charge in [-0.3, -0.25) is 9.59 Å². The largest absolute Gasteiger partial charge is 0.361 e. The molecule has 1 aromatic carbocycles. The highest BCUT2D eigenvalue weighted by molar-refractivity contribution is 6.22. The number of allylic oxidation sites excluding steroid dienone is 5. The van der Waals surface area contributed by atoms with Gasteiger partial charge in [-0.15, -0.1) is 0 Å². The van der Waals surface area contributed by atoms with Gasteiger partial charge in [-0.25, -0.2) is 0 Å². The number of rotatable bonds is 5. The maximum atomic E-state index is 12.3. The third-order valence-electron chi connectivity index (χ3n) is 3.81. The highest BCUT2D eigenvalue weighted by Crippen LogP contribution is 2.31. The van der Waals surface area contributed by atoms with Crippen LogP contribution in [0.25, 0.3) is 0 Å². The molecule has 3 heteroatoms. The van der Waals surface area contributed by atoms with E-state index in [4.69, 9.17) is 0 Å². The number of benzene rings is 1. The lowest BCUT2D eigenvalue weighted by molar-refractivity contribution is -0.124. The first-order valence-corrected chi connectivity index (χ1v) is 7.69. The molecular weight excluding hydrogens is 286 g/mol. The molecule has 1 aliphatic rings. The van der Waals surface area contributed by atoms with E-state index in [9.17, 15) is 9.59 Å². The predicted molar refractivity (Wildman–Crippen MR) is 92.7 cm³/mol. The SMILES string of the molecule is C=C/C(=C\C=C/C)NC=C1C(=O)CC(c2ccccc2)CC1=O. The zero-order valence-electron chi connectivity index (χ0n) is 13.3. The van der Waals surface area contributed by atoms with Crippen LogP contribution in [0.1, 0.15) is 31.2 Å². The second kappa shape index (κ2) is 8.08. The summed E-state index contributed by atoms with van der Waals surface area (Å²) in [6.45, 7) is 5.61. The molecule has 3 nitrogen and oxygen atoms in total. The smallest absolute Gasteiger partial charge is 0.168 e.